The summed E-state index contributed by atoms with van der Waals surface area (Å²) in [6, 6.07) is 11.2. The Morgan fingerprint density at radius 2 is 1.67 bits per heavy atom. The number of carbonyl (C=O) groups is 1. The summed E-state index contributed by atoms with van der Waals surface area (Å²) in [6.45, 7) is 5.04. The molecule has 7 nitrogen and oxygen atoms in total. The van der Waals surface area contributed by atoms with Crippen molar-refractivity contribution in [3.05, 3.63) is 52.4 Å². The molecule has 1 aromatic heterocycles. The number of aliphatic carboxylic acids is 1. The molecular formula is C16H27BiN2O5. The molecule has 0 aliphatic carbocycles. The standard InChI is InChI=1S/C11H12N2O.C3H6O3.C2H6O.Bi.3H/c1-9-8-11(14)13(12(9)2)10-6-4-3-5-7-10;1-2(4)3(5)6;1-2-3;;;;/h3-8H,1-2H3;2,4H,1H3,(H,5,6);3H,2H2,1H3;;;;. The molecule has 0 fully saturated rings. The molecule has 1 unspecified atom stereocenters. The minimum atomic E-state index is -1.23. The first-order valence-electron chi connectivity index (χ1n) is 7.09. The molecule has 0 spiro atoms. The molecule has 2 rings (SSSR count). The number of aromatic nitrogens is 2. The van der Waals surface area contributed by atoms with E-state index in [0.29, 0.717) is 0 Å². The minimum absolute atomic E-state index is 0. The Morgan fingerprint density at radius 1 is 1.25 bits per heavy atom. The van der Waals surface area contributed by atoms with Crippen LogP contribution in [0.3, 0.4) is 0 Å². The average Bonchev–Trinajstić information content (AvgIpc) is 2.74. The Morgan fingerprint density at radius 3 is 1.96 bits per heavy atom. The van der Waals surface area contributed by atoms with Crippen molar-refractivity contribution in [3.63, 3.8) is 0 Å². The van der Waals surface area contributed by atoms with Crippen LogP contribution in [0.4, 0.5) is 0 Å². The van der Waals surface area contributed by atoms with Crippen molar-refractivity contribution in [3.8, 4) is 5.69 Å². The average molecular weight is 536 g/mol. The molecule has 2 aromatic rings. The van der Waals surface area contributed by atoms with E-state index in [9.17, 15) is 9.59 Å². The topological polar surface area (TPSA) is 105 Å². The molecule has 1 heterocycles. The number of carboxylic acid groups (broad SMARTS) is 1. The van der Waals surface area contributed by atoms with E-state index < -0.39 is 12.1 Å². The predicted octanol–water partition coefficient (Wildman–Crippen LogP) is -0.249. The van der Waals surface area contributed by atoms with E-state index >= 15 is 0 Å². The zero-order chi connectivity index (χ0) is 18.0. The summed E-state index contributed by atoms with van der Waals surface area (Å²) in [5.41, 5.74) is 1.86. The van der Waals surface area contributed by atoms with Crippen LogP contribution in [-0.2, 0) is 11.8 Å². The van der Waals surface area contributed by atoms with Crippen LogP contribution < -0.4 is 5.56 Å². The summed E-state index contributed by atoms with van der Waals surface area (Å²) in [5, 5.41) is 23.3. The molecule has 0 amide bonds. The van der Waals surface area contributed by atoms with Crippen molar-refractivity contribution >= 4 is 32.2 Å². The van der Waals surface area contributed by atoms with E-state index in [1.54, 1.807) is 17.7 Å². The van der Waals surface area contributed by atoms with Crippen LogP contribution in [0.2, 0.25) is 0 Å². The van der Waals surface area contributed by atoms with E-state index in [2.05, 4.69) is 0 Å². The van der Waals surface area contributed by atoms with Crippen molar-refractivity contribution in [2.75, 3.05) is 6.61 Å². The van der Waals surface area contributed by atoms with Gasteiger partial charge in [-0.15, -0.1) is 0 Å². The molecule has 0 saturated carbocycles. The normalized spacial score (nSPS) is 10.2. The number of carboxylic acids is 1. The van der Waals surface area contributed by atoms with Crippen LogP contribution in [0.25, 0.3) is 5.69 Å². The van der Waals surface area contributed by atoms with E-state index in [4.69, 9.17) is 15.3 Å². The van der Waals surface area contributed by atoms with Gasteiger partial charge in [-0.25, -0.2) is 9.48 Å². The second-order valence-corrected chi connectivity index (χ2v) is 4.63. The molecule has 24 heavy (non-hydrogen) atoms. The van der Waals surface area contributed by atoms with Gasteiger partial charge in [0.25, 0.3) is 5.56 Å². The second-order valence-electron chi connectivity index (χ2n) is 4.63. The van der Waals surface area contributed by atoms with Crippen LogP contribution in [0.15, 0.2) is 41.2 Å². The predicted molar refractivity (Wildman–Crippen MR) is 97.8 cm³/mol. The summed E-state index contributed by atoms with van der Waals surface area (Å²) >= 11 is 0. The first-order valence-corrected chi connectivity index (χ1v) is 7.09. The van der Waals surface area contributed by atoms with Crippen LogP contribution in [0.5, 0.6) is 0 Å². The van der Waals surface area contributed by atoms with E-state index in [1.807, 2.05) is 49.0 Å². The number of rotatable bonds is 2. The van der Waals surface area contributed by atoms with Gasteiger partial charge in [0.15, 0.2) is 0 Å². The van der Waals surface area contributed by atoms with E-state index in [-0.39, 0.29) is 38.4 Å². The van der Waals surface area contributed by atoms with Crippen molar-refractivity contribution < 1.29 is 20.1 Å². The number of aliphatic hydroxyl groups excluding tert-OH is 2. The molecule has 3 N–H and O–H groups in total. The van der Waals surface area contributed by atoms with Crippen LogP contribution in [0, 0.1) is 6.92 Å². The number of benzene rings is 1. The zero-order valence-electron chi connectivity index (χ0n) is 14.5. The summed E-state index contributed by atoms with van der Waals surface area (Å²) < 4.78 is 3.49. The van der Waals surface area contributed by atoms with Gasteiger partial charge in [0.05, 0.1) is 5.69 Å². The van der Waals surface area contributed by atoms with Crippen molar-refractivity contribution in [2.45, 2.75) is 26.9 Å². The molecular weight excluding hydrogens is 509 g/mol. The molecule has 1 atom stereocenters. The zero-order valence-corrected chi connectivity index (χ0v) is 20.0. The van der Waals surface area contributed by atoms with Gasteiger partial charge in [0.2, 0.25) is 0 Å². The molecule has 0 bridgehead atoms. The summed E-state index contributed by atoms with van der Waals surface area (Å²) in [4.78, 5) is 21.1. The first kappa shape index (κ1) is 24.8. The Balaban J connectivity index is 0. The molecule has 0 aliphatic heterocycles. The van der Waals surface area contributed by atoms with Crippen molar-refractivity contribution in [2.24, 2.45) is 7.05 Å². The van der Waals surface area contributed by atoms with Crippen LogP contribution in [0.1, 0.15) is 19.5 Å². The third-order valence-electron chi connectivity index (χ3n) is 2.71. The van der Waals surface area contributed by atoms with Crippen LogP contribution in [-0.4, -0.2) is 69.6 Å². The molecule has 0 radical (unpaired) electrons. The third-order valence-corrected chi connectivity index (χ3v) is 2.71. The molecule has 1 aromatic carbocycles. The summed E-state index contributed by atoms with van der Waals surface area (Å²) in [6.07, 6.45) is -1.23. The van der Waals surface area contributed by atoms with Gasteiger partial charge in [0, 0.05) is 25.4 Å². The Labute approximate surface area is 160 Å². The Hall–Kier alpha value is -1.50. The Bertz CT molecular complexity index is 650. The number of para-hydroxylation sites is 1. The fourth-order valence-electron chi connectivity index (χ4n) is 1.51. The van der Waals surface area contributed by atoms with Gasteiger partial charge in [-0.05, 0) is 32.9 Å². The fraction of sp³-hybridized carbons (Fsp3) is 0.375. The summed E-state index contributed by atoms with van der Waals surface area (Å²) in [7, 11) is 1.88. The molecule has 0 aliphatic rings. The van der Waals surface area contributed by atoms with Gasteiger partial charge in [0.1, 0.15) is 6.10 Å². The number of hydrogen-bond acceptors (Lipinski definition) is 4. The molecule has 8 heteroatoms. The van der Waals surface area contributed by atoms with Crippen molar-refractivity contribution in [1.29, 1.82) is 0 Å². The molecule has 0 saturated heterocycles. The SMILES string of the molecule is CC(O)C(=O)O.CCO.Cc1cc(=O)n(-c2ccccc2)n1C.[BiH3]. The fourth-order valence-corrected chi connectivity index (χ4v) is 1.51. The Kier molecular flexibility index (Phi) is 13.3. The number of nitrogens with zero attached hydrogens (tertiary/aromatic N) is 2. The second kappa shape index (κ2) is 12.9. The summed E-state index contributed by atoms with van der Waals surface area (Å²) in [5.74, 6) is -1.19. The van der Waals surface area contributed by atoms with Gasteiger partial charge in [-0.2, -0.15) is 0 Å². The van der Waals surface area contributed by atoms with Gasteiger partial charge in [-0.1, -0.05) is 18.2 Å². The third kappa shape index (κ3) is 8.38. The van der Waals surface area contributed by atoms with E-state index in [0.717, 1.165) is 11.4 Å². The number of aliphatic hydroxyl groups is 2. The van der Waals surface area contributed by atoms with Crippen molar-refractivity contribution in [1.82, 2.24) is 9.36 Å². The van der Waals surface area contributed by atoms with E-state index in [1.165, 1.54) is 6.92 Å². The molecule has 136 valence electrons. The van der Waals surface area contributed by atoms with Crippen LogP contribution >= 0.6 is 0 Å². The quantitative estimate of drug-likeness (QED) is 0.460. The van der Waals surface area contributed by atoms with Gasteiger partial charge >= 0.3 is 32.2 Å². The number of aryl methyl sites for hydroxylation is 1. The first-order chi connectivity index (χ1) is 10.8. The maximum atomic E-state index is 11.6. The van der Waals surface area contributed by atoms with Gasteiger partial charge < -0.3 is 15.3 Å². The maximum absolute atomic E-state index is 11.6. The monoisotopic (exact) mass is 536 g/mol. The van der Waals surface area contributed by atoms with Gasteiger partial charge in [-0.3, -0.25) is 9.48 Å². The number of hydrogen-bond donors (Lipinski definition) is 3.